The average Bonchev–Trinajstić information content (AvgIpc) is 2.65. The Morgan fingerprint density at radius 1 is 1.14 bits per heavy atom. The fourth-order valence-corrected chi connectivity index (χ4v) is 5.05. The molecule has 1 heterocycles. The first-order valence-corrected chi connectivity index (χ1v) is 10.9. The van der Waals surface area contributed by atoms with Crippen LogP contribution in [0.3, 0.4) is 0 Å². The average molecular weight is 449 g/mol. The van der Waals surface area contributed by atoms with Gasteiger partial charge in [0.2, 0.25) is 15.9 Å². The molecule has 1 fully saturated rings. The highest BCUT2D eigenvalue weighted by atomic mass is 35.5. The van der Waals surface area contributed by atoms with E-state index < -0.39 is 21.8 Å². The Hall–Kier alpha value is -1.84. The highest BCUT2D eigenvalue weighted by Crippen LogP contribution is 2.30. The summed E-state index contributed by atoms with van der Waals surface area (Å²) in [5.41, 5.74) is -0.230. The summed E-state index contributed by atoms with van der Waals surface area (Å²) in [5.74, 6) is 0.122. The molecule has 158 valence electrons. The predicted octanol–water partition coefficient (Wildman–Crippen LogP) is 4.73. The molecule has 0 bridgehead atoms. The van der Waals surface area contributed by atoms with Crippen LogP contribution in [0.25, 0.3) is 0 Å². The zero-order valence-corrected chi connectivity index (χ0v) is 17.1. The maximum absolute atomic E-state index is 12.7. The number of aromatic nitrogens is 1. The summed E-state index contributed by atoms with van der Waals surface area (Å²) >= 11 is 5.92. The van der Waals surface area contributed by atoms with Crippen LogP contribution >= 0.6 is 11.6 Å². The second kappa shape index (κ2) is 8.49. The standard InChI is InChI=1S/C19H20ClF3N2O3S/c1-12-2-4-14(20)10-17(12)29(26,27)25-15-5-7-16(8-6-15)28-18-9-3-13(11-24-18)19(21,22)23/h2-4,9-11,15-16,25H,5-8H2,1H3. The molecule has 0 unspecified atom stereocenters. The summed E-state index contributed by atoms with van der Waals surface area (Å²) in [6.45, 7) is 1.70. The van der Waals surface area contributed by atoms with Gasteiger partial charge in [-0.15, -0.1) is 0 Å². The molecule has 1 aliphatic carbocycles. The Labute approximate surface area is 172 Å². The van der Waals surface area contributed by atoms with Crippen molar-refractivity contribution in [1.29, 1.82) is 0 Å². The summed E-state index contributed by atoms with van der Waals surface area (Å²) in [4.78, 5) is 3.86. The van der Waals surface area contributed by atoms with E-state index in [1.807, 2.05) is 0 Å². The summed E-state index contributed by atoms with van der Waals surface area (Å²) in [6.07, 6.45) is -1.72. The monoisotopic (exact) mass is 448 g/mol. The number of halogens is 4. The molecule has 1 N–H and O–H groups in total. The molecule has 2 aromatic rings. The van der Waals surface area contributed by atoms with Gasteiger partial charge in [0.25, 0.3) is 0 Å². The molecule has 1 aromatic heterocycles. The number of nitrogens with one attached hydrogen (secondary N) is 1. The number of sulfonamides is 1. The second-order valence-electron chi connectivity index (χ2n) is 7.01. The molecule has 29 heavy (non-hydrogen) atoms. The van der Waals surface area contributed by atoms with Gasteiger partial charge in [-0.25, -0.2) is 18.1 Å². The van der Waals surface area contributed by atoms with Gasteiger partial charge in [-0.3, -0.25) is 0 Å². The highest BCUT2D eigenvalue weighted by molar-refractivity contribution is 7.89. The van der Waals surface area contributed by atoms with Gasteiger partial charge in [-0.2, -0.15) is 13.2 Å². The summed E-state index contributed by atoms with van der Waals surface area (Å²) < 4.78 is 71.4. The minimum Gasteiger partial charge on any atom is -0.474 e. The van der Waals surface area contributed by atoms with Crippen molar-refractivity contribution in [2.45, 2.75) is 55.8 Å². The van der Waals surface area contributed by atoms with Crippen LogP contribution in [0.5, 0.6) is 5.88 Å². The molecule has 5 nitrogen and oxygen atoms in total. The number of rotatable bonds is 5. The second-order valence-corrected chi connectivity index (χ2v) is 9.12. The predicted molar refractivity (Wildman–Crippen MR) is 102 cm³/mol. The topological polar surface area (TPSA) is 68.3 Å². The summed E-state index contributed by atoms with van der Waals surface area (Å²) in [6, 6.07) is 6.57. The first-order valence-electron chi connectivity index (χ1n) is 9.03. The molecule has 1 aliphatic rings. The van der Waals surface area contributed by atoms with Gasteiger partial charge in [0.05, 0.1) is 10.5 Å². The van der Waals surface area contributed by atoms with Crippen LogP contribution in [-0.4, -0.2) is 25.5 Å². The molecule has 10 heteroatoms. The fourth-order valence-electron chi connectivity index (χ4n) is 3.23. The zero-order valence-electron chi connectivity index (χ0n) is 15.5. The first-order chi connectivity index (χ1) is 13.5. The Morgan fingerprint density at radius 2 is 1.83 bits per heavy atom. The number of alkyl halides is 3. The quantitative estimate of drug-likeness (QED) is 0.718. The van der Waals surface area contributed by atoms with Crippen molar-refractivity contribution in [1.82, 2.24) is 9.71 Å². The molecular weight excluding hydrogens is 429 g/mol. The van der Waals surface area contributed by atoms with Crippen molar-refractivity contribution < 1.29 is 26.3 Å². The normalized spacial score (nSPS) is 20.4. The molecule has 0 spiro atoms. The van der Waals surface area contributed by atoms with Gasteiger partial charge >= 0.3 is 6.18 Å². The largest absolute Gasteiger partial charge is 0.474 e. The minimum absolute atomic E-state index is 0.122. The van der Waals surface area contributed by atoms with E-state index in [0.29, 0.717) is 36.3 Å². The minimum atomic E-state index is -4.44. The van der Waals surface area contributed by atoms with Crippen LogP contribution in [-0.2, 0) is 16.2 Å². The molecule has 0 aliphatic heterocycles. The van der Waals surface area contributed by atoms with Crippen molar-refractivity contribution in [2.24, 2.45) is 0 Å². The Balaban J connectivity index is 1.56. The van der Waals surface area contributed by atoms with Crippen LogP contribution in [0.4, 0.5) is 13.2 Å². The maximum atomic E-state index is 12.7. The molecule has 0 atom stereocenters. The smallest absolute Gasteiger partial charge is 0.417 e. The van der Waals surface area contributed by atoms with E-state index in [2.05, 4.69) is 9.71 Å². The number of hydrogen-bond donors (Lipinski definition) is 1. The molecule has 1 saturated carbocycles. The third-order valence-corrected chi connectivity index (χ3v) is 6.68. The molecule has 0 amide bonds. The van der Waals surface area contributed by atoms with Gasteiger partial charge in [0.1, 0.15) is 6.10 Å². The highest BCUT2D eigenvalue weighted by Gasteiger charge is 2.31. The van der Waals surface area contributed by atoms with E-state index in [-0.39, 0.29) is 22.9 Å². The number of benzene rings is 1. The van der Waals surface area contributed by atoms with Gasteiger partial charge in [-0.05, 0) is 56.4 Å². The van der Waals surface area contributed by atoms with Crippen LogP contribution in [0.1, 0.15) is 36.8 Å². The first kappa shape index (κ1) is 21.9. The molecule has 0 saturated heterocycles. The van der Waals surface area contributed by atoms with Gasteiger partial charge in [0.15, 0.2) is 0 Å². The van der Waals surface area contributed by atoms with Crippen LogP contribution in [0.15, 0.2) is 41.4 Å². The lowest BCUT2D eigenvalue weighted by Crippen LogP contribution is -2.39. The van der Waals surface area contributed by atoms with E-state index in [4.69, 9.17) is 16.3 Å². The van der Waals surface area contributed by atoms with E-state index in [1.165, 1.54) is 12.1 Å². The van der Waals surface area contributed by atoms with Crippen molar-refractivity contribution in [3.05, 3.63) is 52.7 Å². The zero-order chi connectivity index (χ0) is 21.2. The van der Waals surface area contributed by atoms with Gasteiger partial charge < -0.3 is 4.74 Å². The van der Waals surface area contributed by atoms with Crippen LogP contribution < -0.4 is 9.46 Å². The number of nitrogens with zero attached hydrogens (tertiary/aromatic N) is 1. The summed E-state index contributed by atoms with van der Waals surface area (Å²) in [7, 11) is -3.70. The van der Waals surface area contributed by atoms with Crippen molar-refractivity contribution >= 4 is 21.6 Å². The molecule has 3 rings (SSSR count). The molecule has 0 radical (unpaired) electrons. The lowest BCUT2D eigenvalue weighted by molar-refractivity contribution is -0.137. The fraction of sp³-hybridized carbons (Fsp3) is 0.421. The third kappa shape index (κ3) is 5.61. The number of pyridine rings is 1. The van der Waals surface area contributed by atoms with E-state index in [9.17, 15) is 21.6 Å². The van der Waals surface area contributed by atoms with E-state index >= 15 is 0 Å². The van der Waals surface area contributed by atoms with Crippen molar-refractivity contribution in [3.63, 3.8) is 0 Å². The van der Waals surface area contributed by atoms with Crippen molar-refractivity contribution in [2.75, 3.05) is 0 Å². The number of hydrogen-bond acceptors (Lipinski definition) is 4. The van der Waals surface area contributed by atoms with E-state index in [1.54, 1.807) is 19.1 Å². The van der Waals surface area contributed by atoms with E-state index in [0.717, 1.165) is 12.3 Å². The lowest BCUT2D eigenvalue weighted by atomic mass is 9.94. The molecule has 1 aromatic carbocycles. The van der Waals surface area contributed by atoms with Crippen molar-refractivity contribution in [3.8, 4) is 5.88 Å². The maximum Gasteiger partial charge on any atom is 0.417 e. The molecular formula is C19H20ClF3N2O3S. The lowest BCUT2D eigenvalue weighted by Gasteiger charge is -2.29. The SMILES string of the molecule is Cc1ccc(Cl)cc1S(=O)(=O)NC1CCC(Oc2ccc(C(F)(F)F)cn2)CC1. The third-order valence-electron chi connectivity index (χ3n) is 4.79. The van der Waals surface area contributed by atoms with Crippen LogP contribution in [0.2, 0.25) is 5.02 Å². The number of ether oxygens (including phenoxy) is 1. The Kier molecular flexibility index (Phi) is 6.40. The Morgan fingerprint density at radius 3 is 2.41 bits per heavy atom. The number of aryl methyl sites for hydroxylation is 1. The Bertz CT molecular complexity index is 958. The van der Waals surface area contributed by atoms with Gasteiger partial charge in [0, 0.05) is 23.3 Å². The van der Waals surface area contributed by atoms with Gasteiger partial charge in [-0.1, -0.05) is 17.7 Å². The van der Waals surface area contributed by atoms with Crippen LogP contribution in [0, 0.1) is 6.92 Å². The summed E-state index contributed by atoms with van der Waals surface area (Å²) in [5, 5.41) is 0.345.